The summed E-state index contributed by atoms with van der Waals surface area (Å²) in [6, 6.07) is 6.99. The zero-order valence-corrected chi connectivity index (χ0v) is 19.6. The Labute approximate surface area is 199 Å². The fraction of sp³-hybridized carbons (Fsp3) is 0.375. The summed E-state index contributed by atoms with van der Waals surface area (Å²) >= 11 is 0. The number of likely N-dealkylation sites (N-methyl/N-ethyl adjacent to an activating group) is 1. The minimum absolute atomic E-state index is 0. The molecule has 178 valence electrons. The van der Waals surface area contributed by atoms with Gasteiger partial charge in [-0.2, -0.15) is 5.10 Å². The molecule has 0 atom stereocenters. The Morgan fingerprint density at radius 1 is 1.12 bits per heavy atom. The standard InChI is InChI=1S/C24H28N8O2.H2/c1-24(2)12-15-13-26-23(25)28-18(15)19-17(24)20(30-29-19)21(33)27-16-6-4-14(5-7-16)22(34)32-10-8-31(3)9-11-32;/h4-7,13H,8-12H2,1-3H3,(H,27,33)(H,29,30)(H2,25,26,28);1H. The van der Waals surface area contributed by atoms with Crippen molar-refractivity contribution in [3.05, 3.63) is 52.8 Å². The number of anilines is 2. The van der Waals surface area contributed by atoms with Crippen LogP contribution in [0.4, 0.5) is 11.6 Å². The summed E-state index contributed by atoms with van der Waals surface area (Å²) in [6.45, 7) is 7.30. The van der Waals surface area contributed by atoms with E-state index >= 15 is 0 Å². The molecule has 2 aliphatic rings. The minimum atomic E-state index is -0.347. The largest absolute Gasteiger partial charge is 0.368 e. The van der Waals surface area contributed by atoms with E-state index in [0.29, 0.717) is 47.8 Å². The lowest BCUT2D eigenvalue weighted by atomic mass is 9.73. The van der Waals surface area contributed by atoms with Crippen LogP contribution in [0, 0.1) is 0 Å². The maximum absolute atomic E-state index is 13.2. The summed E-state index contributed by atoms with van der Waals surface area (Å²) in [7, 11) is 2.05. The number of carbonyl (C=O) groups excluding carboxylic acids is 2. The summed E-state index contributed by atoms with van der Waals surface area (Å²) in [5.74, 6) is -0.120. The molecule has 1 fully saturated rings. The zero-order chi connectivity index (χ0) is 24.0. The Hall–Kier alpha value is -3.79. The van der Waals surface area contributed by atoms with Gasteiger partial charge in [0.15, 0.2) is 0 Å². The molecule has 0 saturated carbocycles. The Kier molecular flexibility index (Phi) is 5.32. The number of piperazine rings is 1. The van der Waals surface area contributed by atoms with Crippen molar-refractivity contribution >= 4 is 23.5 Å². The van der Waals surface area contributed by atoms with Gasteiger partial charge in [0.1, 0.15) is 11.4 Å². The smallest absolute Gasteiger partial charge is 0.273 e. The molecule has 3 heterocycles. The molecule has 3 aromatic rings. The van der Waals surface area contributed by atoms with Gasteiger partial charge in [-0.3, -0.25) is 14.7 Å². The van der Waals surface area contributed by atoms with Crippen molar-refractivity contribution in [1.82, 2.24) is 30.0 Å². The van der Waals surface area contributed by atoms with Gasteiger partial charge in [-0.05, 0) is 48.7 Å². The number of fused-ring (bicyclic) bond motifs is 3. The molecule has 1 aliphatic carbocycles. The molecule has 10 nitrogen and oxygen atoms in total. The molecule has 0 bridgehead atoms. The molecule has 4 N–H and O–H groups in total. The number of aromatic nitrogens is 4. The molecule has 2 amide bonds. The fourth-order valence-electron chi connectivity index (χ4n) is 4.74. The van der Waals surface area contributed by atoms with Gasteiger partial charge in [-0.15, -0.1) is 0 Å². The molecule has 0 radical (unpaired) electrons. The molecular weight excluding hydrogens is 432 g/mol. The maximum Gasteiger partial charge on any atom is 0.273 e. The van der Waals surface area contributed by atoms with Crippen LogP contribution in [-0.2, 0) is 11.8 Å². The number of nitrogens with zero attached hydrogens (tertiary/aromatic N) is 5. The Balaban J connectivity index is 0.00000289. The third-order valence-electron chi connectivity index (χ3n) is 6.59. The summed E-state index contributed by atoms with van der Waals surface area (Å²) in [5.41, 5.74) is 10.1. The SMILES string of the molecule is CN1CCN(C(=O)c2ccc(NC(=O)c3[nH]nc4c3C(C)(C)Cc3cnc(N)nc3-4)cc2)CC1.[HH]. The van der Waals surface area contributed by atoms with Crippen molar-refractivity contribution in [2.45, 2.75) is 25.7 Å². The van der Waals surface area contributed by atoms with E-state index < -0.39 is 0 Å². The third kappa shape index (κ3) is 3.90. The molecule has 1 aliphatic heterocycles. The van der Waals surface area contributed by atoms with Crippen molar-refractivity contribution in [2.75, 3.05) is 44.3 Å². The molecule has 34 heavy (non-hydrogen) atoms. The second kappa shape index (κ2) is 8.21. The van der Waals surface area contributed by atoms with Crippen LogP contribution in [-0.4, -0.2) is 75.0 Å². The predicted molar refractivity (Wildman–Crippen MR) is 131 cm³/mol. The van der Waals surface area contributed by atoms with Crippen molar-refractivity contribution in [3.8, 4) is 11.4 Å². The lowest BCUT2D eigenvalue weighted by Gasteiger charge is -2.32. The van der Waals surface area contributed by atoms with Crippen LogP contribution >= 0.6 is 0 Å². The first-order valence-corrected chi connectivity index (χ1v) is 11.3. The molecule has 10 heteroatoms. The number of nitrogens with one attached hydrogen (secondary N) is 2. The first-order chi connectivity index (χ1) is 16.2. The first-order valence-electron chi connectivity index (χ1n) is 11.3. The van der Waals surface area contributed by atoms with Gasteiger partial charge in [0.2, 0.25) is 5.95 Å². The lowest BCUT2D eigenvalue weighted by molar-refractivity contribution is 0.0664. The van der Waals surface area contributed by atoms with Crippen LogP contribution in [0.2, 0.25) is 0 Å². The zero-order valence-electron chi connectivity index (χ0n) is 19.6. The van der Waals surface area contributed by atoms with Crippen molar-refractivity contribution in [3.63, 3.8) is 0 Å². The average Bonchev–Trinajstić information content (AvgIpc) is 3.27. The number of hydrogen-bond donors (Lipinski definition) is 3. The lowest BCUT2D eigenvalue weighted by Crippen LogP contribution is -2.47. The second-order valence-electron chi connectivity index (χ2n) is 9.61. The maximum atomic E-state index is 13.2. The number of nitrogen functional groups attached to an aromatic ring is 1. The number of benzene rings is 1. The Morgan fingerprint density at radius 2 is 1.82 bits per heavy atom. The van der Waals surface area contributed by atoms with Crippen molar-refractivity contribution in [2.24, 2.45) is 0 Å². The monoisotopic (exact) mass is 462 g/mol. The van der Waals surface area contributed by atoms with Crippen LogP contribution in [0.3, 0.4) is 0 Å². The van der Waals surface area contributed by atoms with Crippen LogP contribution < -0.4 is 11.1 Å². The predicted octanol–water partition coefficient (Wildman–Crippen LogP) is 2.17. The number of H-pyrrole nitrogens is 1. The topological polar surface area (TPSA) is 133 Å². The number of nitrogens with two attached hydrogens (primary N) is 1. The highest BCUT2D eigenvalue weighted by atomic mass is 16.2. The van der Waals surface area contributed by atoms with E-state index in [2.05, 4.69) is 51.3 Å². The van der Waals surface area contributed by atoms with Gasteiger partial charge in [0, 0.05) is 50.6 Å². The molecule has 1 saturated heterocycles. The highest BCUT2D eigenvalue weighted by molar-refractivity contribution is 6.05. The van der Waals surface area contributed by atoms with Crippen molar-refractivity contribution < 1.29 is 11.0 Å². The number of aromatic amines is 1. The van der Waals surface area contributed by atoms with Gasteiger partial charge in [-0.25, -0.2) is 9.97 Å². The number of amides is 2. The summed E-state index contributed by atoms with van der Waals surface area (Å²) in [6.07, 6.45) is 2.39. The van der Waals surface area contributed by atoms with Crippen LogP contribution in [0.1, 0.15) is 47.2 Å². The third-order valence-corrected chi connectivity index (χ3v) is 6.59. The van der Waals surface area contributed by atoms with Gasteiger partial charge >= 0.3 is 0 Å². The van der Waals surface area contributed by atoms with Crippen molar-refractivity contribution in [1.29, 1.82) is 0 Å². The minimum Gasteiger partial charge on any atom is -0.368 e. The molecule has 0 spiro atoms. The van der Waals surface area contributed by atoms with Gasteiger partial charge < -0.3 is 20.9 Å². The summed E-state index contributed by atoms with van der Waals surface area (Å²) in [4.78, 5) is 38.5. The molecule has 0 unspecified atom stereocenters. The Morgan fingerprint density at radius 3 is 2.53 bits per heavy atom. The second-order valence-corrected chi connectivity index (χ2v) is 9.61. The molecule has 1 aromatic carbocycles. The molecule has 2 aromatic heterocycles. The van der Waals surface area contributed by atoms with Crippen LogP contribution in [0.15, 0.2) is 30.5 Å². The highest BCUT2D eigenvalue weighted by Gasteiger charge is 2.38. The van der Waals surface area contributed by atoms with E-state index in [9.17, 15) is 9.59 Å². The van der Waals surface area contributed by atoms with E-state index in [1.165, 1.54) is 0 Å². The highest BCUT2D eigenvalue weighted by Crippen LogP contribution is 2.42. The van der Waals surface area contributed by atoms with Gasteiger partial charge in [0.05, 0.1) is 5.69 Å². The number of carbonyl (C=O) groups is 2. The Bertz CT molecular complexity index is 1260. The average molecular weight is 463 g/mol. The fourth-order valence-corrected chi connectivity index (χ4v) is 4.74. The normalized spacial score (nSPS) is 17.1. The van der Waals surface area contributed by atoms with E-state index in [-0.39, 0.29) is 24.6 Å². The summed E-state index contributed by atoms with van der Waals surface area (Å²) < 4.78 is 0. The molecular formula is C24H30N8O2. The van der Waals surface area contributed by atoms with E-state index in [1.807, 2.05) is 4.90 Å². The quantitative estimate of drug-likeness (QED) is 0.543. The van der Waals surface area contributed by atoms with Gasteiger partial charge in [-0.1, -0.05) is 13.8 Å². The van der Waals surface area contributed by atoms with Gasteiger partial charge in [0.25, 0.3) is 11.8 Å². The number of rotatable bonds is 3. The van der Waals surface area contributed by atoms with Crippen LogP contribution in [0.25, 0.3) is 11.4 Å². The van der Waals surface area contributed by atoms with E-state index in [0.717, 1.165) is 24.2 Å². The molecule has 5 rings (SSSR count). The van der Waals surface area contributed by atoms with E-state index in [4.69, 9.17) is 5.73 Å². The van der Waals surface area contributed by atoms with Crippen LogP contribution in [0.5, 0.6) is 0 Å². The first kappa shape index (κ1) is 22.0. The number of hydrogen-bond acceptors (Lipinski definition) is 7. The van der Waals surface area contributed by atoms with E-state index in [1.54, 1.807) is 30.5 Å². The summed E-state index contributed by atoms with van der Waals surface area (Å²) in [5, 5.41) is 10.2.